The molecule has 1 amide bonds. The highest BCUT2D eigenvalue weighted by atomic mass is 16.5. The summed E-state index contributed by atoms with van der Waals surface area (Å²) < 4.78 is 5.55. The second-order valence-corrected chi connectivity index (χ2v) is 8.63. The minimum atomic E-state index is 0.0941. The lowest BCUT2D eigenvalue weighted by Crippen LogP contribution is -2.50. The fourth-order valence-corrected chi connectivity index (χ4v) is 4.69. The summed E-state index contributed by atoms with van der Waals surface area (Å²) in [6.07, 6.45) is 3.18. The van der Waals surface area contributed by atoms with Gasteiger partial charge in [0.15, 0.2) is 0 Å². The van der Waals surface area contributed by atoms with E-state index in [1.165, 1.54) is 0 Å². The van der Waals surface area contributed by atoms with E-state index in [2.05, 4.69) is 46.4 Å². The Morgan fingerprint density at radius 3 is 2.27 bits per heavy atom. The van der Waals surface area contributed by atoms with Crippen molar-refractivity contribution in [1.82, 2.24) is 4.90 Å². The number of nitrogens with zero attached hydrogens (tertiary/aromatic N) is 1. The SMILES string of the molecule is CC1C[C@@H](C(C)C)N(C(=O)C(C(C)C)C2(C)CCOCC2)C1. The van der Waals surface area contributed by atoms with Gasteiger partial charge in [0.05, 0.1) is 0 Å². The van der Waals surface area contributed by atoms with Crippen LogP contribution in [-0.2, 0) is 9.53 Å². The molecule has 0 bridgehead atoms. The zero-order chi connectivity index (χ0) is 16.5. The molecule has 2 saturated heterocycles. The van der Waals surface area contributed by atoms with Crippen LogP contribution in [0.25, 0.3) is 0 Å². The standard InChI is InChI=1S/C19H35NO2/c1-13(2)16-11-15(5)12-20(16)18(21)17(14(3)4)19(6)7-9-22-10-8-19/h13-17H,7-12H2,1-6H3/t15?,16-,17?/m0/s1. The highest BCUT2D eigenvalue weighted by molar-refractivity contribution is 5.80. The molecule has 0 radical (unpaired) electrons. The van der Waals surface area contributed by atoms with Crippen molar-refractivity contribution in [2.24, 2.45) is 29.1 Å². The number of hydrogen-bond donors (Lipinski definition) is 0. The highest BCUT2D eigenvalue weighted by Gasteiger charge is 2.46. The van der Waals surface area contributed by atoms with Gasteiger partial charge in [0, 0.05) is 31.7 Å². The summed E-state index contributed by atoms with van der Waals surface area (Å²) in [5, 5.41) is 0. The van der Waals surface area contributed by atoms with Crippen molar-refractivity contribution in [3.05, 3.63) is 0 Å². The third-order valence-electron chi connectivity index (χ3n) is 5.92. The maximum Gasteiger partial charge on any atom is 0.226 e. The predicted molar refractivity (Wildman–Crippen MR) is 90.6 cm³/mol. The maximum absolute atomic E-state index is 13.4. The van der Waals surface area contributed by atoms with Crippen LogP contribution in [0, 0.1) is 29.1 Å². The number of hydrogen-bond acceptors (Lipinski definition) is 2. The van der Waals surface area contributed by atoms with Gasteiger partial charge in [-0.25, -0.2) is 0 Å². The van der Waals surface area contributed by atoms with Crippen LogP contribution < -0.4 is 0 Å². The summed E-state index contributed by atoms with van der Waals surface area (Å²) in [5.74, 6) is 2.10. The van der Waals surface area contributed by atoms with E-state index in [-0.39, 0.29) is 11.3 Å². The first kappa shape index (κ1) is 17.8. The summed E-state index contributed by atoms with van der Waals surface area (Å²) in [6.45, 7) is 16.1. The van der Waals surface area contributed by atoms with Gasteiger partial charge in [-0.1, -0.05) is 41.5 Å². The molecule has 3 atom stereocenters. The Balaban J connectivity index is 2.22. The molecule has 0 N–H and O–H groups in total. The molecule has 2 aliphatic rings. The van der Waals surface area contributed by atoms with Crippen molar-refractivity contribution in [1.29, 1.82) is 0 Å². The molecule has 3 nitrogen and oxygen atoms in total. The average molecular weight is 309 g/mol. The molecule has 128 valence electrons. The van der Waals surface area contributed by atoms with Crippen LogP contribution in [0.4, 0.5) is 0 Å². The fourth-order valence-electron chi connectivity index (χ4n) is 4.69. The lowest BCUT2D eigenvalue weighted by atomic mass is 9.66. The quantitative estimate of drug-likeness (QED) is 0.786. The Morgan fingerprint density at radius 2 is 1.77 bits per heavy atom. The maximum atomic E-state index is 13.4. The molecule has 0 aromatic rings. The van der Waals surface area contributed by atoms with Gasteiger partial charge < -0.3 is 9.64 Å². The topological polar surface area (TPSA) is 29.5 Å². The fraction of sp³-hybridized carbons (Fsp3) is 0.947. The van der Waals surface area contributed by atoms with Gasteiger partial charge in [0.25, 0.3) is 0 Å². The van der Waals surface area contributed by atoms with Crippen molar-refractivity contribution in [3.8, 4) is 0 Å². The van der Waals surface area contributed by atoms with E-state index in [0.717, 1.165) is 39.0 Å². The second kappa shape index (κ2) is 6.90. The molecule has 0 aromatic heterocycles. The second-order valence-electron chi connectivity index (χ2n) is 8.63. The van der Waals surface area contributed by atoms with Crippen LogP contribution in [0.2, 0.25) is 0 Å². The first-order valence-electron chi connectivity index (χ1n) is 9.14. The number of ether oxygens (including phenoxy) is 1. The van der Waals surface area contributed by atoms with Gasteiger partial charge in [0.1, 0.15) is 0 Å². The molecule has 2 aliphatic heterocycles. The largest absolute Gasteiger partial charge is 0.381 e. The zero-order valence-corrected chi connectivity index (χ0v) is 15.4. The van der Waals surface area contributed by atoms with Gasteiger partial charge >= 0.3 is 0 Å². The van der Waals surface area contributed by atoms with Crippen LogP contribution in [0.15, 0.2) is 0 Å². The monoisotopic (exact) mass is 309 g/mol. The van der Waals surface area contributed by atoms with Crippen molar-refractivity contribution in [2.75, 3.05) is 19.8 Å². The minimum Gasteiger partial charge on any atom is -0.381 e. The van der Waals surface area contributed by atoms with E-state index in [1.807, 2.05) is 0 Å². The minimum absolute atomic E-state index is 0.0941. The molecule has 2 rings (SSSR count). The van der Waals surface area contributed by atoms with Crippen LogP contribution in [0.1, 0.15) is 60.8 Å². The Hall–Kier alpha value is -0.570. The molecule has 0 aliphatic carbocycles. The molecule has 2 heterocycles. The van der Waals surface area contributed by atoms with Gasteiger partial charge in [-0.15, -0.1) is 0 Å². The van der Waals surface area contributed by atoms with Crippen LogP contribution >= 0.6 is 0 Å². The van der Waals surface area contributed by atoms with E-state index in [4.69, 9.17) is 4.74 Å². The van der Waals surface area contributed by atoms with Gasteiger partial charge in [0.2, 0.25) is 5.91 Å². The zero-order valence-electron chi connectivity index (χ0n) is 15.4. The Morgan fingerprint density at radius 1 is 1.18 bits per heavy atom. The lowest BCUT2D eigenvalue weighted by Gasteiger charge is -2.44. The molecule has 0 saturated carbocycles. The van der Waals surface area contributed by atoms with Crippen molar-refractivity contribution < 1.29 is 9.53 Å². The van der Waals surface area contributed by atoms with Crippen LogP contribution in [0.3, 0.4) is 0 Å². The van der Waals surface area contributed by atoms with Crippen LogP contribution in [0.5, 0.6) is 0 Å². The molecule has 2 unspecified atom stereocenters. The van der Waals surface area contributed by atoms with E-state index < -0.39 is 0 Å². The number of carbonyl (C=O) groups is 1. The summed E-state index contributed by atoms with van der Waals surface area (Å²) in [4.78, 5) is 15.7. The highest BCUT2D eigenvalue weighted by Crippen LogP contribution is 2.44. The smallest absolute Gasteiger partial charge is 0.226 e. The summed E-state index contributed by atoms with van der Waals surface area (Å²) in [6, 6.07) is 0.423. The van der Waals surface area contributed by atoms with Gasteiger partial charge in [-0.3, -0.25) is 4.79 Å². The van der Waals surface area contributed by atoms with Gasteiger partial charge in [-0.2, -0.15) is 0 Å². The molecule has 2 fully saturated rings. The van der Waals surface area contributed by atoms with E-state index in [0.29, 0.717) is 29.7 Å². The summed E-state index contributed by atoms with van der Waals surface area (Å²) >= 11 is 0. The van der Waals surface area contributed by atoms with Gasteiger partial charge in [-0.05, 0) is 42.4 Å². The van der Waals surface area contributed by atoms with Crippen molar-refractivity contribution >= 4 is 5.91 Å². The molecular weight excluding hydrogens is 274 g/mol. The molecular formula is C19H35NO2. The Kier molecular flexibility index (Phi) is 5.58. The first-order valence-corrected chi connectivity index (χ1v) is 9.14. The molecule has 3 heteroatoms. The van der Waals surface area contributed by atoms with E-state index in [9.17, 15) is 4.79 Å². The third-order valence-corrected chi connectivity index (χ3v) is 5.92. The molecule has 0 aromatic carbocycles. The summed E-state index contributed by atoms with van der Waals surface area (Å²) in [7, 11) is 0. The molecule has 22 heavy (non-hydrogen) atoms. The Bertz CT molecular complexity index is 385. The number of carbonyl (C=O) groups excluding carboxylic acids is 1. The van der Waals surface area contributed by atoms with E-state index in [1.54, 1.807) is 0 Å². The number of rotatable bonds is 4. The normalized spacial score (nSPS) is 30.1. The predicted octanol–water partition coefficient (Wildman–Crippen LogP) is 3.97. The van der Waals surface area contributed by atoms with Crippen molar-refractivity contribution in [2.45, 2.75) is 66.8 Å². The lowest BCUT2D eigenvalue weighted by molar-refractivity contribution is -0.147. The number of likely N-dealkylation sites (tertiary alicyclic amines) is 1. The molecule has 0 spiro atoms. The average Bonchev–Trinajstić information content (AvgIpc) is 2.81. The first-order chi connectivity index (χ1) is 10.3. The van der Waals surface area contributed by atoms with Crippen molar-refractivity contribution in [3.63, 3.8) is 0 Å². The van der Waals surface area contributed by atoms with Crippen LogP contribution in [-0.4, -0.2) is 36.6 Å². The summed E-state index contributed by atoms with van der Waals surface area (Å²) in [5.41, 5.74) is 0.0941. The third kappa shape index (κ3) is 3.50. The number of amides is 1. The van der Waals surface area contributed by atoms with E-state index >= 15 is 0 Å². The Labute approximate surface area is 136 Å².